The van der Waals surface area contributed by atoms with Crippen molar-refractivity contribution in [1.82, 2.24) is 4.98 Å². The Morgan fingerprint density at radius 2 is 2.23 bits per heavy atom. The minimum atomic E-state index is -0.171. The molecule has 0 radical (unpaired) electrons. The van der Waals surface area contributed by atoms with E-state index in [9.17, 15) is 4.79 Å². The van der Waals surface area contributed by atoms with Crippen LogP contribution in [-0.2, 0) is 4.74 Å². The first-order valence-electron chi connectivity index (χ1n) is 9.00. The van der Waals surface area contributed by atoms with E-state index in [1.54, 1.807) is 28.4 Å². The molecule has 1 saturated heterocycles. The molecule has 4 rings (SSSR count). The van der Waals surface area contributed by atoms with Crippen molar-refractivity contribution >= 4 is 32.6 Å². The number of hydrogen-bond acceptors (Lipinski definition) is 5. The number of anilines is 1. The second kappa shape index (κ2) is 7.21. The maximum Gasteiger partial charge on any atom is 0.295 e. The number of ether oxygens (including phenoxy) is 1. The Bertz CT molecular complexity index is 895. The lowest BCUT2D eigenvalue weighted by Gasteiger charge is -2.22. The number of aromatic nitrogens is 1. The zero-order valence-electron chi connectivity index (χ0n) is 15.0. The summed E-state index contributed by atoms with van der Waals surface area (Å²) in [6.07, 6.45) is 3.56. The van der Waals surface area contributed by atoms with Gasteiger partial charge in [-0.3, -0.25) is 9.69 Å². The molecule has 1 atom stereocenters. The Balaban J connectivity index is 1.74. The Hall–Kier alpha value is -2.18. The van der Waals surface area contributed by atoms with E-state index in [1.165, 1.54) is 11.8 Å². The minimum Gasteiger partial charge on any atom is -0.459 e. The fourth-order valence-electron chi connectivity index (χ4n) is 3.31. The molecular formula is C20H22N2O3S. The van der Waals surface area contributed by atoms with Crippen LogP contribution in [0.1, 0.15) is 48.7 Å². The molecule has 1 aliphatic rings. The number of rotatable bonds is 5. The van der Waals surface area contributed by atoms with Crippen molar-refractivity contribution < 1.29 is 13.9 Å². The zero-order chi connectivity index (χ0) is 18.1. The van der Waals surface area contributed by atoms with Crippen LogP contribution in [0.3, 0.4) is 0 Å². The molecule has 1 amide bonds. The molecule has 3 heterocycles. The van der Waals surface area contributed by atoms with E-state index in [0.717, 1.165) is 29.7 Å². The van der Waals surface area contributed by atoms with Crippen LogP contribution < -0.4 is 4.90 Å². The molecule has 0 bridgehead atoms. The van der Waals surface area contributed by atoms with Gasteiger partial charge in [-0.05, 0) is 42.5 Å². The van der Waals surface area contributed by atoms with Gasteiger partial charge in [-0.2, -0.15) is 0 Å². The number of para-hydroxylation sites is 1. The number of hydrogen-bond donors (Lipinski definition) is 0. The Morgan fingerprint density at radius 3 is 2.92 bits per heavy atom. The van der Waals surface area contributed by atoms with Crippen LogP contribution in [0.25, 0.3) is 10.2 Å². The van der Waals surface area contributed by atoms with Gasteiger partial charge in [-0.15, -0.1) is 0 Å². The minimum absolute atomic E-state index is 0.0468. The summed E-state index contributed by atoms with van der Waals surface area (Å²) in [6.45, 7) is 5.57. The van der Waals surface area contributed by atoms with Crippen molar-refractivity contribution in [2.45, 2.75) is 38.7 Å². The molecule has 136 valence electrons. The molecule has 0 N–H and O–H groups in total. The van der Waals surface area contributed by atoms with Crippen molar-refractivity contribution in [2.75, 3.05) is 18.1 Å². The van der Waals surface area contributed by atoms with Gasteiger partial charge in [-0.1, -0.05) is 37.3 Å². The lowest BCUT2D eigenvalue weighted by molar-refractivity contribution is 0.0895. The predicted molar refractivity (Wildman–Crippen MR) is 103 cm³/mol. The highest BCUT2D eigenvalue weighted by molar-refractivity contribution is 7.22. The van der Waals surface area contributed by atoms with Gasteiger partial charge in [-0.25, -0.2) is 4.98 Å². The summed E-state index contributed by atoms with van der Waals surface area (Å²) in [5, 5.41) is 0.699. The van der Waals surface area contributed by atoms with Gasteiger partial charge in [0.2, 0.25) is 0 Å². The molecule has 1 aromatic carbocycles. The van der Waals surface area contributed by atoms with Crippen LogP contribution in [0.5, 0.6) is 0 Å². The van der Waals surface area contributed by atoms with E-state index in [-0.39, 0.29) is 12.0 Å². The number of benzene rings is 1. The standard InChI is InChI=1S/C20H22N2O3S/c1-13(2)15-7-3-9-17-18(15)21-20(26-17)22(12-14-6-4-10-24-14)19(23)16-8-5-11-25-16/h3,5,7-9,11,13-14H,4,6,10,12H2,1-2H3. The van der Waals surface area contributed by atoms with Crippen molar-refractivity contribution in [2.24, 2.45) is 0 Å². The molecule has 0 aliphatic carbocycles. The molecule has 0 saturated carbocycles. The Morgan fingerprint density at radius 1 is 1.35 bits per heavy atom. The van der Waals surface area contributed by atoms with Gasteiger partial charge in [0.25, 0.3) is 5.91 Å². The van der Waals surface area contributed by atoms with Crippen LogP contribution in [0, 0.1) is 0 Å². The first-order valence-corrected chi connectivity index (χ1v) is 9.81. The van der Waals surface area contributed by atoms with Gasteiger partial charge in [0.15, 0.2) is 10.9 Å². The quantitative estimate of drug-likeness (QED) is 0.645. The monoisotopic (exact) mass is 370 g/mol. The topological polar surface area (TPSA) is 55.6 Å². The Labute approximate surface area is 156 Å². The SMILES string of the molecule is CC(C)c1cccc2sc(N(CC3CCCO3)C(=O)c3ccco3)nc12. The molecule has 1 aliphatic heterocycles. The molecule has 6 heteroatoms. The third-order valence-electron chi connectivity index (χ3n) is 4.68. The summed E-state index contributed by atoms with van der Waals surface area (Å²) in [6, 6.07) is 9.64. The number of carbonyl (C=O) groups excluding carboxylic acids is 1. The number of thiazole rings is 1. The summed E-state index contributed by atoms with van der Waals surface area (Å²) >= 11 is 1.54. The molecule has 26 heavy (non-hydrogen) atoms. The maximum atomic E-state index is 13.0. The van der Waals surface area contributed by atoms with Crippen LogP contribution in [-0.4, -0.2) is 30.1 Å². The highest BCUT2D eigenvalue weighted by Crippen LogP contribution is 2.34. The smallest absolute Gasteiger partial charge is 0.295 e. The molecular weight excluding hydrogens is 348 g/mol. The van der Waals surface area contributed by atoms with E-state index >= 15 is 0 Å². The molecule has 3 aromatic rings. The number of furan rings is 1. The average Bonchev–Trinajstić information content (AvgIpc) is 3.39. The van der Waals surface area contributed by atoms with Gasteiger partial charge in [0.05, 0.1) is 29.1 Å². The number of amides is 1. The summed E-state index contributed by atoms with van der Waals surface area (Å²) < 4.78 is 12.2. The van der Waals surface area contributed by atoms with Crippen LogP contribution in [0.15, 0.2) is 41.0 Å². The second-order valence-corrected chi connectivity index (χ2v) is 7.88. The third kappa shape index (κ3) is 3.27. The van der Waals surface area contributed by atoms with Crippen LogP contribution in [0.2, 0.25) is 0 Å². The van der Waals surface area contributed by atoms with Crippen molar-refractivity contribution in [3.8, 4) is 0 Å². The number of nitrogens with zero attached hydrogens (tertiary/aromatic N) is 2. The normalized spacial score (nSPS) is 17.3. The zero-order valence-corrected chi connectivity index (χ0v) is 15.8. The number of carbonyl (C=O) groups is 1. The fourth-order valence-corrected chi connectivity index (χ4v) is 4.32. The Kier molecular flexibility index (Phi) is 4.78. The second-order valence-electron chi connectivity index (χ2n) is 6.87. The third-order valence-corrected chi connectivity index (χ3v) is 5.72. The molecule has 1 fully saturated rings. The number of fused-ring (bicyclic) bond motifs is 1. The van der Waals surface area contributed by atoms with Crippen molar-refractivity contribution in [1.29, 1.82) is 0 Å². The summed E-state index contributed by atoms with van der Waals surface area (Å²) in [4.78, 5) is 19.6. The summed E-state index contributed by atoms with van der Waals surface area (Å²) in [7, 11) is 0. The van der Waals surface area contributed by atoms with Crippen LogP contribution in [0.4, 0.5) is 5.13 Å². The van der Waals surface area contributed by atoms with Gasteiger partial charge < -0.3 is 9.15 Å². The predicted octanol–water partition coefficient (Wildman–Crippen LogP) is 4.84. The highest BCUT2D eigenvalue weighted by Gasteiger charge is 2.28. The van der Waals surface area contributed by atoms with E-state index in [4.69, 9.17) is 14.1 Å². The van der Waals surface area contributed by atoms with Crippen molar-refractivity contribution in [3.05, 3.63) is 47.9 Å². The molecule has 1 unspecified atom stereocenters. The molecule has 2 aromatic heterocycles. The van der Waals surface area contributed by atoms with Gasteiger partial charge >= 0.3 is 0 Å². The summed E-state index contributed by atoms with van der Waals surface area (Å²) in [5.74, 6) is 0.531. The highest BCUT2D eigenvalue weighted by atomic mass is 32.1. The molecule has 5 nitrogen and oxygen atoms in total. The largest absolute Gasteiger partial charge is 0.459 e. The molecule has 0 spiro atoms. The first-order chi connectivity index (χ1) is 12.6. The van der Waals surface area contributed by atoms with Gasteiger partial charge in [0.1, 0.15) is 0 Å². The lowest BCUT2D eigenvalue weighted by atomic mass is 10.0. The maximum absolute atomic E-state index is 13.0. The first kappa shape index (κ1) is 17.2. The van der Waals surface area contributed by atoms with E-state index in [1.807, 2.05) is 0 Å². The van der Waals surface area contributed by atoms with E-state index in [2.05, 4.69) is 32.0 Å². The fraction of sp³-hybridized carbons (Fsp3) is 0.400. The van der Waals surface area contributed by atoms with Crippen LogP contribution >= 0.6 is 11.3 Å². The van der Waals surface area contributed by atoms with E-state index in [0.29, 0.717) is 23.4 Å². The van der Waals surface area contributed by atoms with E-state index < -0.39 is 0 Å². The summed E-state index contributed by atoms with van der Waals surface area (Å²) in [5.41, 5.74) is 2.18. The van der Waals surface area contributed by atoms with Gasteiger partial charge in [0, 0.05) is 6.61 Å². The lowest BCUT2D eigenvalue weighted by Crippen LogP contribution is -2.37. The average molecular weight is 370 g/mol. The van der Waals surface area contributed by atoms with Crippen molar-refractivity contribution in [3.63, 3.8) is 0 Å².